The number of nitrogens with one attached hydrogen (secondary N) is 4. The Morgan fingerprint density at radius 1 is 0.482 bits per heavy atom. The summed E-state index contributed by atoms with van der Waals surface area (Å²) in [5.41, 5.74) is 1.26. The van der Waals surface area contributed by atoms with Crippen LogP contribution < -0.4 is 20.1 Å². The van der Waals surface area contributed by atoms with Crippen LogP contribution in [0.4, 0.5) is 27.5 Å². The molecule has 6 aromatic carbocycles. The molecule has 17 nitrogen and oxygen atoms in total. The number of carbonyl (C=O) groups is 1. The van der Waals surface area contributed by atoms with Gasteiger partial charge in [0.05, 0.1) is 31.0 Å². The number of hydrogen-bond donors (Lipinski definition) is 8. The Morgan fingerprint density at radius 2 is 0.857 bits per heavy atom. The number of phenolic OH excluding ortho intramolecular Hbond substituents is 2. The lowest BCUT2D eigenvalue weighted by molar-refractivity contribution is 0.250. The molecule has 0 bridgehead atoms. The van der Waals surface area contributed by atoms with Gasteiger partial charge in [0.2, 0.25) is 0 Å². The Labute approximate surface area is 320 Å². The zero-order valence-electron chi connectivity index (χ0n) is 28.8. The minimum absolute atomic E-state index is 0.135. The van der Waals surface area contributed by atoms with Gasteiger partial charge >= 0.3 is 6.03 Å². The molecule has 6 rings (SSSR count). The standard InChI is InChI=1S/C35H30N4O13S4/c1-19-11-25(36-29-15-21-3-7-27(55(47,48)49)13-23(21)17-31(29)40)5-9-33(19)53(43,44)38-35(42)39-54(45,46)34-10-6-26(12-20(34)2)37-30-16-22-4-8-28(56(50,51)52)14-24(22)18-32(30)41/h3-18,36-37,40-41H,1-2H3,(H2,38,39,42)(H,47,48,49)(H,50,51,52). The minimum Gasteiger partial charge on any atom is -0.506 e. The molecule has 56 heavy (non-hydrogen) atoms. The first-order valence-corrected chi connectivity index (χ1v) is 21.7. The lowest BCUT2D eigenvalue weighted by Gasteiger charge is -2.15. The first kappa shape index (κ1) is 39.7. The average molecular weight is 843 g/mol. The van der Waals surface area contributed by atoms with Gasteiger partial charge in [-0.15, -0.1) is 0 Å². The van der Waals surface area contributed by atoms with E-state index in [1.54, 1.807) is 9.44 Å². The monoisotopic (exact) mass is 842 g/mol. The smallest absolute Gasteiger partial charge is 0.342 e. The third-order valence-corrected chi connectivity index (χ3v) is 13.1. The second-order valence-electron chi connectivity index (χ2n) is 12.5. The van der Waals surface area contributed by atoms with E-state index in [0.717, 1.165) is 12.1 Å². The summed E-state index contributed by atoms with van der Waals surface area (Å²) in [4.78, 5) is 11.3. The Balaban J connectivity index is 1.13. The number of fused-ring (bicyclic) bond motifs is 2. The maximum Gasteiger partial charge on any atom is 0.342 e. The van der Waals surface area contributed by atoms with Crippen molar-refractivity contribution in [1.29, 1.82) is 0 Å². The molecule has 2 amide bonds. The van der Waals surface area contributed by atoms with Gasteiger partial charge in [-0.3, -0.25) is 9.11 Å². The largest absolute Gasteiger partial charge is 0.506 e. The van der Waals surface area contributed by atoms with E-state index in [4.69, 9.17) is 0 Å². The van der Waals surface area contributed by atoms with Crippen LogP contribution in [0.1, 0.15) is 11.1 Å². The Kier molecular flexibility index (Phi) is 10.1. The van der Waals surface area contributed by atoms with Gasteiger partial charge in [-0.1, -0.05) is 12.1 Å². The van der Waals surface area contributed by atoms with E-state index in [1.165, 1.54) is 98.8 Å². The van der Waals surface area contributed by atoms with Crippen LogP contribution in [0.3, 0.4) is 0 Å². The summed E-state index contributed by atoms with van der Waals surface area (Å²) in [7, 11) is -18.2. The highest BCUT2D eigenvalue weighted by molar-refractivity contribution is 7.91. The van der Waals surface area contributed by atoms with Crippen molar-refractivity contribution in [3.8, 4) is 11.5 Å². The van der Waals surface area contributed by atoms with Gasteiger partial charge in [0.25, 0.3) is 40.3 Å². The molecule has 0 aliphatic rings. The maximum atomic E-state index is 13.2. The van der Waals surface area contributed by atoms with E-state index in [-0.39, 0.29) is 53.6 Å². The number of sulfonamides is 2. The maximum absolute atomic E-state index is 13.2. The van der Waals surface area contributed by atoms with Gasteiger partial charge < -0.3 is 20.8 Å². The predicted octanol–water partition coefficient (Wildman–Crippen LogP) is 5.38. The van der Waals surface area contributed by atoms with Gasteiger partial charge in [0, 0.05) is 11.4 Å². The summed E-state index contributed by atoms with van der Waals surface area (Å²) < 4.78 is 120. The average Bonchev–Trinajstić information content (AvgIpc) is 3.07. The molecule has 0 spiro atoms. The van der Waals surface area contributed by atoms with Crippen molar-refractivity contribution in [3.05, 3.63) is 108 Å². The quantitative estimate of drug-likeness (QED) is 0.0635. The van der Waals surface area contributed by atoms with Gasteiger partial charge in [-0.25, -0.2) is 31.1 Å². The number of amides is 2. The third-order valence-electron chi connectivity index (χ3n) is 8.39. The number of anilines is 4. The number of aromatic hydroxyl groups is 2. The van der Waals surface area contributed by atoms with Gasteiger partial charge in [-0.2, -0.15) is 16.8 Å². The van der Waals surface area contributed by atoms with Crippen LogP contribution >= 0.6 is 0 Å². The molecule has 0 aliphatic heterocycles. The fourth-order valence-electron chi connectivity index (χ4n) is 5.79. The van der Waals surface area contributed by atoms with Gasteiger partial charge in [0.15, 0.2) is 0 Å². The van der Waals surface area contributed by atoms with Crippen LogP contribution in [0.15, 0.2) is 117 Å². The fourth-order valence-corrected chi connectivity index (χ4v) is 9.16. The molecule has 21 heteroatoms. The van der Waals surface area contributed by atoms with E-state index >= 15 is 0 Å². The molecule has 0 radical (unpaired) electrons. The summed E-state index contributed by atoms with van der Waals surface area (Å²) in [6.07, 6.45) is 0. The fraction of sp³-hybridized carbons (Fsp3) is 0.0571. The van der Waals surface area contributed by atoms with Crippen molar-refractivity contribution < 1.29 is 57.8 Å². The number of urea groups is 1. The lowest BCUT2D eigenvalue weighted by Crippen LogP contribution is -2.42. The highest BCUT2D eigenvalue weighted by Gasteiger charge is 2.26. The molecular weight excluding hydrogens is 813 g/mol. The molecule has 0 fully saturated rings. The summed E-state index contributed by atoms with van der Waals surface area (Å²) in [6.45, 7) is 2.84. The number of benzene rings is 6. The van der Waals surface area contributed by atoms with E-state index in [0.29, 0.717) is 32.9 Å². The zero-order chi connectivity index (χ0) is 41.0. The van der Waals surface area contributed by atoms with Crippen molar-refractivity contribution in [3.63, 3.8) is 0 Å². The van der Waals surface area contributed by atoms with Crippen molar-refractivity contribution in [2.75, 3.05) is 10.6 Å². The molecule has 6 aromatic rings. The van der Waals surface area contributed by atoms with Crippen molar-refractivity contribution >= 4 is 90.6 Å². The van der Waals surface area contributed by atoms with E-state index in [2.05, 4.69) is 10.6 Å². The SMILES string of the molecule is Cc1cc(Nc2cc3ccc(S(=O)(=O)O)cc3cc2O)ccc1S(=O)(=O)NC(=O)NS(=O)(=O)c1ccc(Nc2cc3ccc(S(=O)(=O)O)cc3cc2O)cc1C. The van der Waals surface area contributed by atoms with Gasteiger partial charge in [0.1, 0.15) is 11.5 Å². The molecule has 0 saturated carbocycles. The Hall–Kier alpha value is -5.97. The van der Waals surface area contributed by atoms with Crippen LogP contribution in [-0.2, 0) is 40.3 Å². The van der Waals surface area contributed by atoms with Crippen LogP contribution in [0.25, 0.3) is 21.5 Å². The molecule has 0 atom stereocenters. The number of rotatable bonds is 10. The zero-order valence-corrected chi connectivity index (χ0v) is 32.1. The molecule has 8 N–H and O–H groups in total. The molecule has 0 unspecified atom stereocenters. The van der Waals surface area contributed by atoms with E-state index < -0.39 is 46.3 Å². The van der Waals surface area contributed by atoms with Crippen LogP contribution in [-0.4, -0.2) is 59.0 Å². The minimum atomic E-state index is -4.62. The van der Waals surface area contributed by atoms with Crippen molar-refractivity contribution in [1.82, 2.24) is 9.44 Å². The molecule has 0 saturated heterocycles. The number of aryl methyl sites for hydroxylation is 2. The first-order chi connectivity index (χ1) is 26.0. The van der Waals surface area contributed by atoms with Gasteiger partial charge in [-0.05, 0) is 131 Å². The second-order valence-corrected chi connectivity index (χ2v) is 18.6. The normalized spacial score (nSPS) is 12.4. The number of hydrogen-bond acceptors (Lipinski definition) is 13. The third kappa shape index (κ3) is 8.46. The molecule has 0 aromatic heterocycles. The van der Waals surface area contributed by atoms with Crippen molar-refractivity contribution in [2.45, 2.75) is 33.4 Å². The Bertz CT molecular complexity index is 2880. The summed E-state index contributed by atoms with van der Waals surface area (Å²) in [5.74, 6) is -0.573. The van der Waals surface area contributed by atoms with Crippen molar-refractivity contribution in [2.24, 2.45) is 0 Å². The number of phenols is 2. The molecular formula is C35H30N4O13S4. The highest BCUT2D eigenvalue weighted by Crippen LogP contribution is 2.35. The molecule has 0 heterocycles. The Morgan fingerprint density at radius 3 is 1.20 bits per heavy atom. The summed E-state index contributed by atoms with van der Waals surface area (Å²) in [6, 6.07) is 19.3. The van der Waals surface area contributed by atoms with E-state index in [1.807, 2.05) is 0 Å². The highest BCUT2D eigenvalue weighted by atomic mass is 32.2. The number of carbonyl (C=O) groups excluding carboxylic acids is 1. The predicted molar refractivity (Wildman–Crippen MR) is 206 cm³/mol. The lowest BCUT2D eigenvalue weighted by atomic mass is 10.1. The van der Waals surface area contributed by atoms with Crippen LogP contribution in [0.5, 0.6) is 11.5 Å². The topological polar surface area (TPSA) is 283 Å². The van der Waals surface area contributed by atoms with Crippen LogP contribution in [0.2, 0.25) is 0 Å². The van der Waals surface area contributed by atoms with Crippen LogP contribution in [0, 0.1) is 13.8 Å². The second kappa shape index (κ2) is 14.3. The molecule has 0 aliphatic carbocycles. The summed E-state index contributed by atoms with van der Waals surface area (Å²) in [5, 5.41) is 28.6. The first-order valence-electron chi connectivity index (χ1n) is 15.8. The van der Waals surface area contributed by atoms with E-state index in [9.17, 15) is 57.8 Å². The molecule has 292 valence electrons. The summed E-state index contributed by atoms with van der Waals surface area (Å²) >= 11 is 0.